The highest BCUT2D eigenvalue weighted by atomic mass is 14.8. The molecule has 1 aromatic carbocycles. The van der Waals surface area contributed by atoms with Crippen molar-refractivity contribution in [3.8, 4) is 0 Å². The highest BCUT2D eigenvalue weighted by molar-refractivity contribution is 5.38. The first kappa shape index (κ1) is 12.7. The van der Waals surface area contributed by atoms with Crippen molar-refractivity contribution in [3.05, 3.63) is 59.7 Å². The van der Waals surface area contributed by atoms with Crippen LogP contribution in [0.25, 0.3) is 0 Å². The lowest BCUT2D eigenvalue weighted by Gasteiger charge is -2.25. The largest absolute Gasteiger partial charge is 0.319 e. The van der Waals surface area contributed by atoms with Crippen molar-refractivity contribution in [2.24, 2.45) is 5.73 Å². The van der Waals surface area contributed by atoms with E-state index in [2.05, 4.69) is 42.9 Å². The molecule has 0 amide bonds. The molecule has 18 heavy (non-hydrogen) atoms. The number of aromatic nitrogens is 2. The Labute approximate surface area is 108 Å². The van der Waals surface area contributed by atoms with Gasteiger partial charge in [-0.15, -0.1) is 0 Å². The Balaban J connectivity index is 2.46. The minimum absolute atomic E-state index is 0.0659. The second-order valence-electron chi connectivity index (χ2n) is 5.45. The third-order valence-corrected chi connectivity index (χ3v) is 3.01. The maximum Gasteiger partial charge on any atom is 0.0799 e. The van der Waals surface area contributed by atoms with Crippen LogP contribution in [0.4, 0.5) is 0 Å². The molecule has 0 spiro atoms. The SMILES string of the molecule is CC(C)(C)c1ccccc1C(N)c1cnccn1. The molecule has 3 nitrogen and oxygen atoms in total. The average Bonchev–Trinajstić information content (AvgIpc) is 2.38. The van der Waals surface area contributed by atoms with Crippen LogP contribution in [0.5, 0.6) is 0 Å². The Hall–Kier alpha value is -1.74. The molecule has 1 heterocycles. The van der Waals surface area contributed by atoms with Gasteiger partial charge in [0.2, 0.25) is 0 Å². The van der Waals surface area contributed by atoms with E-state index < -0.39 is 0 Å². The van der Waals surface area contributed by atoms with Crippen LogP contribution in [0.3, 0.4) is 0 Å². The van der Waals surface area contributed by atoms with Crippen LogP contribution in [0.15, 0.2) is 42.9 Å². The molecule has 0 aliphatic rings. The lowest BCUT2D eigenvalue weighted by Crippen LogP contribution is -2.21. The van der Waals surface area contributed by atoms with Crippen LogP contribution in [0, 0.1) is 0 Å². The first-order chi connectivity index (χ1) is 8.50. The average molecular weight is 241 g/mol. The molecule has 2 N–H and O–H groups in total. The molecule has 0 radical (unpaired) electrons. The van der Waals surface area contributed by atoms with Gasteiger partial charge in [-0.05, 0) is 16.5 Å². The molecule has 2 aromatic rings. The molecule has 2 rings (SSSR count). The highest BCUT2D eigenvalue weighted by Crippen LogP contribution is 2.30. The lowest BCUT2D eigenvalue weighted by atomic mass is 9.81. The summed E-state index contributed by atoms with van der Waals surface area (Å²) in [7, 11) is 0. The van der Waals surface area contributed by atoms with Gasteiger partial charge < -0.3 is 5.73 Å². The molecule has 94 valence electrons. The predicted octanol–water partition coefficient (Wildman–Crippen LogP) is 2.82. The topological polar surface area (TPSA) is 51.8 Å². The smallest absolute Gasteiger partial charge is 0.0799 e. The van der Waals surface area contributed by atoms with Gasteiger partial charge in [-0.3, -0.25) is 9.97 Å². The Bertz CT molecular complexity index is 515. The lowest BCUT2D eigenvalue weighted by molar-refractivity contribution is 0.576. The molecule has 3 heteroatoms. The molecule has 1 aromatic heterocycles. The first-order valence-electron chi connectivity index (χ1n) is 6.11. The van der Waals surface area contributed by atoms with E-state index in [0.717, 1.165) is 11.3 Å². The van der Waals surface area contributed by atoms with Crippen molar-refractivity contribution in [1.29, 1.82) is 0 Å². The maximum atomic E-state index is 6.31. The number of hydrogen-bond donors (Lipinski definition) is 1. The number of nitrogens with zero attached hydrogens (tertiary/aromatic N) is 2. The van der Waals surface area contributed by atoms with Crippen molar-refractivity contribution in [2.75, 3.05) is 0 Å². The summed E-state index contributed by atoms with van der Waals surface area (Å²) in [6.45, 7) is 6.57. The summed E-state index contributed by atoms with van der Waals surface area (Å²) in [6, 6.07) is 8.04. The highest BCUT2D eigenvalue weighted by Gasteiger charge is 2.21. The van der Waals surface area contributed by atoms with Gasteiger partial charge in [0.15, 0.2) is 0 Å². The minimum atomic E-state index is -0.228. The van der Waals surface area contributed by atoms with Crippen LogP contribution < -0.4 is 5.73 Å². The van der Waals surface area contributed by atoms with E-state index in [1.807, 2.05) is 12.1 Å². The molecule has 0 bridgehead atoms. The summed E-state index contributed by atoms with van der Waals surface area (Å²) in [4.78, 5) is 8.37. The molecule has 0 fully saturated rings. The number of benzene rings is 1. The Morgan fingerprint density at radius 3 is 2.44 bits per heavy atom. The molecular weight excluding hydrogens is 222 g/mol. The van der Waals surface area contributed by atoms with E-state index in [1.54, 1.807) is 18.6 Å². The summed E-state index contributed by atoms with van der Waals surface area (Å²) in [5.74, 6) is 0. The van der Waals surface area contributed by atoms with E-state index in [0.29, 0.717) is 0 Å². The van der Waals surface area contributed by atoms with Crippen LogP contribution in [0.2, 0.25) is 0 Å². The van der Waals surface area contributed by atoms with Crippen molar-refractivity contribution in [1.82, 2.24) is 9.97 Å². The molecule has 0 saturated heterocycles. The zero-order chi connectivity index (χ0) is 13.2. The van der Waals surface area contributed by atoms with Crippen molar-refractivity contribution >= 4 is 0 Å². The summed E-state index contributed by atoms with van der Waals surface area (Å²) < 4.78 is 0. The Morgan fingerprint density at radius 1 is 1.11 bits per heavy atom. The van der Waals surface area contributed by atoms with Crippen molar-refractivity contribution in [2.45, 2.75) is 32.2 Å². The molecule has 0 aliphatic carbocycles. The molecule has 0 saturated carbocycles. The maximum absolute atomic E-state index is 6.31. The van der Waals surface area contributed by atoms with Gasteiger partial charge in [0.1, 0.15) is 0 Å². The van der Waals surface area contributed by atoms with Crippen LogP contribution in [0.1, 0.15) is 43.6 Å². The van der Waals surface area contributed by atoms with E-state index in [4.69, 9.17) is 5.73 Å². The van der Waals surface area contributed by atoms with Gasteiger partial charge >= 0.3 is 0 Å². The summed E-state index contributed by atoms with van der Waals surface area (Å²) in [6.07, 6.45) is 5.06. The van der Waals surface area contributed by atoms with Gasteiger partial charge in [-0.2, -0.15) is 0 Å². The second-order valence-corrected chi connectivity index (χ2v) is 5.45. The molecular formula is C15H19N3. The van der Waals surface area contributed by atoms with Crippen LogP contribution in [-0.2, 0) is 5.41 Å². The fourth-order valence-corrected chi connectivity index (χ4v) is 2.08. The van der Waals surface area contributed by atoms with Crippen LogP contribution >= 0.6 is 0 Å². The molecule has 0 aliphatic heterocycles. The van der Waals surface area contributed by atoms with Gasteiger partial charge in [0.25, 0.3) is 0 Å². The third kappa shape index (κ3) is 2.57. The van der Waals surface area contributed by atoms with Gasteiger partial charge in [-0.1, -0.05) is 45.0 Å². The van der Waals surface area contributed by atoms with E-state index in [-0.39, 0.29) is 11.5 Å². The van der Waals surface area contributed by atoms with Crippen LogP contribution in [-0.4, -0.2) is 9.97 Å². The molecule has 1 atom stereocenters. The van der Waals surface area contributed by atoms with Gasteiger partial charge in [0.05, 0.1) is 17.9 Å². The monoisotopic (exact) mass is 241 g/mol. The van der Waals surface area contributed by atoms with Crippen molar-refractivity contribution < 1.29 is 0 Å². The standard InChI is InChI=1S/C15H19N3/c1-15(2,3)12-7-5-4-6-11(12)14(16)13-10-17-8-9-18-13/h4-10,14H,16H2,1-3H3. The zero-order valence-corrected chi connectivity index (χ0v) is 11.1. The Kier molecular flexibility index (Phi) is 3.43. The van der Waals surface area contributed by atoms with Gasteiger partial charge in [0, 0.05) is 12.4 Å². The molecule has 1 unspecified atom stereocenters. The first-order valence-corrected chi connectivity index (χ1v) is 6.11. The van der Waals surface area contributed by atoms with Gasteiger partial charge in [-0.25, -0.2) is 0 Å². The van der Waals surface area contributed by atoms with E-state index in [1.165, 1.54) is 5.56 Å². The fourth-order valence-electron chi connectivity index (χ4n) is 2.08. The van der Waals surface area contributed by atoms with E-state index in [9.17, 15) is 0 Å². The Morgan fingerprint density at radius 2 is 1.83 bits per heavy atom. The quantitative estimate of drug-likeness (QED) is 0.879. The summed E-state index contributed by atoms with van der Waals surface area (Å²) in [5.41, 5.74) is 9.55. The normalized spacial score (nSPS) is 13.3. The number of nitrogens with two attached hydrogens (primary N) is 1. The number of rotatable bonds is 2. The predicted molar refractivity (Wildman–Crippen MR) is 73.2 cm³/mol. The van der Waals surface area contributed by atoms with Crippen molar-refractivity contribution in [3.63, 3.8) is 0 Å². The van der Waals surface area contributed by atoms with E-state index >= 15 is 0 Å². The third-order valence-electron chi connectivity index (χ3n) is 3.01. The minimum Gasteiger partial charge on any atom is -0.319 e. The second kappa shape index (κ2) is 4.86. The summed E-state index contributed by atoms with van der Waals surface area (Å²) >= 11 is 0. The summed E-state index contributed by atoms with van der Waals surface area (Å²) in [5, 5.41) is 0. The number of hydrogen-bond acceptors (Lipinski definition) is 3. The fraction of sp³-hybridized carbons (Fsp3) is 0.333. The zero-order valence-electron chi connectivity index (χ0n) is 11.1.